The first kappa shape index (κ1) is 16.4. The van der Waals surface area contributed by atoms with Crippen molar-refractivity contribution in [1.29, 1.82) is 0 Å². The van der Waals surface area contributed by atoms with Crippen LogP contribution in [0.3, 0.4) is 0 Å². The van der Waals surface area contributed by atoms with Gasteiger partial charge in [-0.2, -0.15) is 26.3 Å². The van der Waals surface area contributed by atoms with E-state index in [-0.39, 0.29) is 12.5 Å². The zero-order valence-corrected chi connectivity index (χ0v) is 11.2. The molecule has 0 bridgehead atoms. The van der Waals surface area contributed by atoms with Crippen LogP contribution in [0.25, 0.3) is 0 Å². The summed E-state index contributed by atoms with van der Waals surface area (Å²) in [4.78, 5) is 12.6. The van der Waals surface area contributed by atoms with Crippen molar-refractivity contribution in [3.05, 3.63) is 0 Å². The largest absolute Gasteiger partial charge is 0.404 e. The zero-order valence-electron chi connectivity index (χ0n) is 11.2. The van der Waals surface area contributed by atoms with Gasteiger partial charge in [0.15, 0.2) is 5.41 Å². The van der Waals surface area contributed by atoms with E-state index in [1.807, 2.05) is 0 Å². The fourth-order valence-corrected chi connectivity index (χ4v) is 2.92. The first-order valence-electron chi connectivity index (χ1n) is 6.71. The Morgan fingerprint density at radius 3 is 2.24 bits per heavy atom. The van der Waals surface area contributed by atoms with Gasteiger partial charge in [-0.1, -0.05) is 0 Å². The molecule has 2 saturated heterocycles. The van der Waals surface area contributed by atoms with Gasteiger partial charge in [-0.25, -0.2) is 0 Å². The van der Waals surface area contributed by atoms with Crippen LogP contribution in [-0.2, 0) is 4.79 Å². The summed E-state index contributed by atoms with van der Waals surface area (Å²) < 4.78 is 77.3. The Kier molecular flexibility index (Phi) is 4.16. The van der Waals surface area contributed by atoms with Crippen LogP contribution in [0.5, 0.6) is 0 Å². The predicted octanol–water partition coefficient (Wildman–Crippen LogP) is 2.47. The van der Waals surface area contributed by atoms with Crippen molar-refractivity contribution >= 4 is 5.91 Å². The SMILES string of the molecule is O=C(CC1CCCN1)N1CCC(C(F)(F)F)(C(F)(F)F)C1. The Morgan fingerprint density at radius 2 is 1.81 bits per heavy atom. The molecule has 2 aliphatic heterocycles. The lowest BCUT2D eigenvalue weighted by Crippen LogP contribution is -2.52. The Bertz CT molecular complexity index is 386. The molecule has 0 aromatic rings. The summed E-state index contributed by atoms with van der Waals surface area (Å²) in [5, 5.41) is 3.00. The van der Waals surface area contributed by atoms with Gasteiger partial charge in [0, 0.05) is 25.6 Å². The molecule has 0 saturated carbocycles. The van der Waals surface area contributed by atoms with Crippen molar-refractivity contribution in [3.63, 3.8) is 0 Å². The third-order valence-electron chi connectivity index (χ3n) is 4.29. The molecule has 1 unspecified atom stereocenters. The summed E-state index contributed by atoms with van der Waals surface area (Å²) >= 11 is 0. The monoisotopic (exact) mass is 318 g/mol. The number of alkyl halides is 6. The van der Waals surface area contributed by atoms with E-state index < -0.39 is 43.2 Å². The fraction of sp³-hybridized carbons (Fsp3) is 0.917. The Morgan fingerprint density at radius 1 is 1.19 bits per heavy atom. The van der Waals surface area contributed by atoms with Crippen molar-refractivity contribution in [2.24, 2.45) is 5.41 Å². The smallest absolute Gasteiger partial charge is 0.341 e. The number of halogens is 6. The van der Waals surface area contributed by atoms with E-state index in [9.17, 15) is 31.1 Å². The molecule has 9 heteroatoms. The number of nitrogens with one attached hydrogen (secondary N) is 1. The third kappa shape index (κ3) is 2.97. The average molecular weight is 318 g/mol. The number of carbonyl (C=O) groups is 1. The van der Waals surface area contributed by atoms with Gasteiger partial charge in [0.1, 0.15) is 0 Å². The van der Waals surface area contributed by atoms with Crippen molar-refractivity contribution in [1.82, 2.24) is 10.2 Å². The second kappa shape index (κ2) is 5.33. The van der Waals surface area contributed by atoms with Gasteiger partial charge in [0.05, 0.1) is 0 Å². The molecule has 122 valence electrons. The fourth-order valence-electron chi connectivity index (χ4n) is 2.92. The van der Waals surface area contributed by atoms with Gasteiger partial charge in [0.2, 0.25) is 5.91 Å². The maximum atomic E-state index is 12.9. The minimum Gasteiger partial charge on any atom is -0.341 e. The molecule has 1 N–H and O–H groups in total. The van der Waals surface area contributed by atoms with Crippen LogP contribution in [0.2, 0.25) is 0 Å². The lowest BCUT2D eigenvalue weighted by molar-refractivity contribution is -0.334. The van der Waals surface area contributed by atoms with Gasteiger partial charge in [-0.3, -0.25) is 4.79 Å². The molecule has 0 spiro atoms. The van der Waals surface area contributed by atoms with Crippen LogP contribution in [-0.4, -0.2) is 48.8 Å². The van der Waals surface area contributed by atoms with Crippen LogP contribution >= 0.6 is 0 Å². The molecule has 2 fully saturated rings. The van der Waals surface area contributed by atoms with Crippen molar-refractivity contribution in [3.8, 4) is 0 Å². The van der Waals surface area contributed by atoms with Crippen molar-refractivity contribution in [2.45, 2.75) is 44.1 Å². The highest BCUT2D eigenvalue weighted by molar-refractivity contribution is 5.77. The Labute approximate surface area is 117 Å². The number of hydrogen-bond donors (Lipinski definition) is 1. The number of likely N-dealkylation sites (tertiary alicyclic amines) is 1. The molecule has 1 amide bonds. The molecule has 0 aromatic carbocycles. The van der Waals surface area contributed by atoms with Gasteiger partial charge in [-0.15, -0.1) is 0 Å². The highest BCUT2D eigenvalue weighted by Gasteiger charge is 2.72. The van der Waals surface area contributed by atoms with Gasteiger partial charge < -0.3 is 10.2 Å². The summed E-state index contributed by atoms with van der Waals surface area (Å²) in [5.74, 6) is -0.648. The minimum absolute atomic E-state index is 0.0498. The zero-order chi connectivity index (χ0) is 15.9. The topological polar surface area (TPSA) is 32.3 Å². The number of hydrogen-bond acceptors (Lipinski definition) is 2. The Balaban J connectivity index is 2.07. The molecule has 0 aromatic heterocycles. The number of rotatable bonds is 2. The highest BCUT2D eigenvalue weighted by atomic mass is 19.4. The molecule has 2 aliphatic rings. The molecule has 2 heterocycles. The van der Waals surface area contributed by atoms with E-state index in [4.69, 9.17) is 0 Å². The quantitative estimate of drug-likeness (QED) is 0.793. The molecular formula is C12H16F6N2O. The second-order valence-electron chi connectivity index (χ2n) is 5.64. The van der Waals surface area contributed by atoms with E-state index in [1.54, 1.807) is 0 Å². The molecule has 21 heavy (non-hydrogen) atoms. The first-order valence-corrected chi connectivity index (χ1v) is 6.71. The summed E-state index contributed by atoms with van der Waals surface area (Å²) in [6.07, 6.45) is -10.4. The maximum absolute atomic E-state index is 12.9. The van der Waals surface area contributed by atoms with E-state index in [2.05, 4.69) is 5.32 Å². The predicted molar refractivity (Wildman–Crippen MR) is 61.4 cm³/mol. The maximum Gasteiger partial charge on any atom is 0.404 e. The molecule has 0 aliphatic carbocycles. The average Bonchev–Trinajstić information content (AvgIpc) is 2.94. The van der Waals surface area contributed by atoms with E-state index in [0.29, 0.717) is 17.9 Å². The van der Waals surface area contributed by atoms with E-state index >= 15 is 0 Å². The van der Waals surface area contributed by atoms with Crippen LogP contribution in [0, 0.1) is 5.41 Å². The molecule has 3 nitrogen and oxygen atoms in total. The number of carbonyl (C=O) groups excluding carboxylic acids is 1. The molecule has 0 radical (unpaired) electrons. The van der Waals surface area contributed by atoms with E-state index in [1.165, 1.54) is 0 Å². The lowest BCUT2D eigenvalue weighted by atomic mass is 9.85. The van der Waals surface area contributed by atoms with Crippen LogP contribution < -0.4 is 5.32 Å². The molecule has 2 rings (SSSR count). The second-order valence-corrected chi connectivity index (χ2v) is 5.64. The summed E-state index contributed by atoms with van der Waals surface area (Å²) in [6.45, 7) is -1.12. The van der Waals surface area contributed by atoms with Crippen LogP contribution in [0.4, 0.5) is 26.3 Å². The summed E-state index contributed by atoms with van der Waals surface area (Å²) in [6, 6.07) is -0.149. The van der Waals surface area contributed by atoms with Gasteiger partial charge in [0.25, 0.3) is 0 Å². The number of nitrogens with zero attached hydrogens (tertiary/aromatic N) is 1. The van der Waals surface area contributed by atoms with Crippen LogP contribution in [0.1, 0.15) is 25.7 Å². The normalized spacial score (nSPS) is 26.4. The number of amides is 1. The van der Waals surface area contributed by atoms with E-state index in [0.717, 1.165) is 6.42 Å². The molecular weight excluding hydrogens is 302 g/mol. The highest BCUT2D eigenvalue weighted by Crippen LogP contribution is 2.55. The van der Waals surface area contributed by atoms with Gasteiger partial charge >= 0.3 is 12.4 Å². The Hall–Kier alpha value is -0.990. The summed E-state index contributed by atoms with van der Waals surface area (Å²) in [5.41, 5.74) is -3.79. The van der Waals surface area contributed by atoms with Crippen molar-refractivity contribution < 1.29 is 31.1 Å². The summed E-state index contributed by atoms with van der Waals surface area (Å²) in [7, 11) is 0. The lowest BCUT2D eigenvalue weighted by Gasteiger charge is -2.33. The van der Waals surface area contributed by atoms with Crippen molar-refractivity contribution in [2.75, 3.05) is 19.6 Å². The minimum atomic E-state index is -5.41. The molecule has 1 atom stereocenters. The standard InChI is InChI=1S/C12H16F6N2O/c13-11(14,15)10(12(16,17)18)3-5-20(7-10)9(21)6-8-2-1-4-19-8/h8,19H,1-7H2. The van der Waals surface area contributed by atoms with Crippen LogP contribution in [0.15, 0.2) is 0 Å². The third-order valence-corrected chi connectivity index (χ3v) is 4.29. The first-order chi connectivity index (χ1) is 9.57. The van der Waals surface area contributed by atoms with Gasteiger partial charge in [-0.05, 0) is 25.8 Å².